The van der Waals surface area contributed by atoms with Gasteiger partial charge in [0.05, 0.1) is 12.2 Å². The van der Waals surface area contributed by atoms with E-state index in [2.05, 4.69) is 13.8 Å². The van der Waals surface area contributed by atoms with E-state index in [1.165, 1.54) is 69.6 Å². The summed E-state index contributed by atoms with van der Waals surface area (Å²) in [6.07, 6.45) is 14.8. The second-order valence-electron chi connectivity index (χ2n) is 10.5. The van der Waals surface area contributed by atoms with Crippen molar-refractivity contribution < 1.29 is 23.0 Å². The van der Waals surface area contributed by atoms with Gasteiger partial charge >= 0.3 is 5.97 Å². The minimum Gasteiger partial charge on any atom is -0.491 e. The fraction of sp³-hybridized carbons (Fsp3) is 0.457. The van der Waals surface area contributed by atoms with Gasteiger partial charge in [-0.2, -0.15) is 0 Å². The minimum atomic E-state index is -0.641. The van der Waals surface area contributed by atoms with Crippen LogP contribution in [0.1, 0.15) is 107 Å². The summed E-state index contributed by atoms with van der Waals surface area (Å²) in [4.78, 5) is 12.6. The van der Waals surface area contributed by atoms with Gasteiger partial charge in [-0.1, -0.05) is 102 Å². The number of benzene rings is 3. The molecular formula is C35H44F2O3. The van der Waals surface area contributed by atoms with Crippen molar-refractivity contribution in [2.45, 2.75) is 97.3 Å². The number of rotatable bonds is 18. The fourth-order valence-electron chi connectivity index (χ4n) is 4.71. The summed E-state index contributed by atoms with van der Waals surface area (Å²) in [7, 11) is 0. The zero-order chi connectivity index (χ0) is 28.6. The third-order valence-corrected chi connectivity index (χ3v) is 7.16. The van der Waals surface area contributed by atoms with Gasteiger partial charge in [0.15, 0.2) is 23.1 Å². The van der Waals surface area contributed by atoms with Crippen LogP contribution in [-0.2, 0) is 6.42 Å². The van der Waals surface area contributed by atoms with Crippen LogP contribution in [0.5, 0.6) is 11.5 Å². The second-order valence-corrected chi connectivity index (χ2v) is 10.5. The number of halogens is 2. The highest BCUT2D eigenvalue weighted by molar-refractivity contribution is 5.91. The van der Waals surface area contributed by atoms with Gasteiger partial charge in [-0.25, -0.2) is 13.6 Å². The lowest BCUT2D eigenvalue weighted by Crippen LogP contribution is -2.09. The summed E-state index contributed by atoms with van der Waals surface area (Å²) >= 11 is 0. The highest BCUT2D eigenvalue weighted by atomic mass is 19.1. The molecule has 0 bridgehead atoms. The number of ether oxygens (including phenoxy) is 2. The Hall–Kier alpha value is -3.21. The molecule has 0 N–H and O–H groups in total. The van der Waals surface area contributed by atoms with Crippen LogP contribution in [0.3, 0.4) is 0 Å². The second kappa shape index (κ2) is 17.5. The van der Waals surface area contributed by atoms with E-state index in [0.29, 0.717) is 17.7 Å². The lowest BCUT2D eigenvalue weighted by atomic mass is 10.0. The van der Waals surface area contributed by atoms with Gasteiger partial charge in [-0.05, 0) is 72.4 Å². The maximum atomic E-state index is 14.6. The SMILES string of the molecule is CCCCCCCCCOc1ccc(-c2ccc(C(=O)Oc3ccc(CCCCCCC)cc3F)cc2)cc1F. The van der Waals surface area contributed by atoms with E-state index < -0.39 is 17.6 Å². The van der Waals surface area contributed by atoms with Gasteiger partial charge in [0.2, 0.25) is 0 Å². The van der Waals surface area contributed by atoms with Crippen LogP contribution in [0.15, 0.2) is 60.7 Å². The first kappa shape index (κ1) is 31.3. The molecule has 0 aliphatic rings. The fourth-order valence-corrected chi connectivity index (χ4v) is 4.71. The van der Waals surface area contributed by atoms with Crippen molar-refractivity contribution in [3.63, 3.8) is 0 Å². The van der Waals surface area contributed by atoms with Gasteiger partial charge in [0.1, 0.15) is 0 Å². The molecule has 0 aliphatic heterocycles. The lowest BCUT2D eigenvalue weighted by molar-refractivity contribution is 0.0728. The molecule has 0 heterocycles. The summed E-state index contributed by atoms with van der Waals surface area (Å²) in [5.41, 5.74) is 2.62. The Morgan fingerprint density at radius 2 is 1.20 bits per heavy atom. The average molecular weight is 551 g/mol. The van der Waals surface area contributed by atoms with E-state index in [9.17, 15) is 13.6 Å². The summed E-state index contributed by atoms with van der Waals surface area (Å²) in [6.45, 7) is 4.89. The Morgan fingerprint density at radius 3 is 1.85 bits per heavy atom. The van der Waals surface area contributed by atoms with Crippen molar-refractivity contribution in [1.82, 2.24) is 0 Å². The number of aryl methyl sites for hydroxylation is 1. The predicted molar refractivity (Wildman–Crippen MR) is 159 cm³/mol. The molecule has 0 spiro atoms. The van der Waals surface area contributed by atoms with Gasteiger partial charge < -0.3 is 9.47 Å². The van der Waals surface area contributed by atoms with Crippen molar-refractivity contribution >= 4 is 5.97 Å². The Bertz CT molecular complexity index is 1170. The van der Waals surface area contributed by atoms with E-state index in [1.54, 1.807) is 36.4 Å². The van der Waals surface area contributed by atoms with Crippen molar-refractivity contribution in [3.05, 3.63) is 83.4 Å². The first-order valence-electron chi connectivity index (χ1n) is 15.0. The number of carbonyl (C=O) groups excluding carboxylic acids is 1. The molecule has 0 aromatic heterocycles. The van der Waals surface area contributed by atoms with E-state index in [0.717, 1.165) is 43.2 Å². The van der Waals surface area contributed by atoms with Crippen LogP contribution >= 0.6 is 0 Å². The lowest BCUT2D eigenvalue weighted by Gasteiger charge is -2.10. The van der Waals surface area contributed by atoms with Crippen LogP contribution in [0, 0.1) is 11.6 Å². The molecule has 0 fully saturated rings. The molecule has 3 aromatic carbocycles. The van der Waals surface area contributed by atoms with E-state index >= 15 is 0 Å². The van der Waals surface area contributed by atoms with Crippen molar-refractivity contribution in [2.75, 3.05) is 6.61 Å². The largest absolute Gasteiger partial charge is 0.491 e. The molecule has 3 rings (SSSR count). The Labute approximate surface area is 238 Å². The van der Waals surface area contributed by atoms with Gasteiger partial charge in [-0.3, -0.25) is 0 Å². The molecule has 0 aliphatic carbocycles. The van der Waals surface area contributed by atoms with Crippen LogP contribution in [0.25, 0.3) is 11.1 Å². The topological polar surface area (TPSA) is 35.5 Å². The van der Waals surface area contributed by atoms with Crippen LogP contribution in [0.2, 0.25) is 0 Å². The van der Waals surface area contributed by atoms with Gasteiger partial charge in [-0.15, -0.1) is 0 Å². The standard InChI is InChI=1S/C35H44F2O3/c1-3-5-7-9-10-12-14-24-39-33-23-21-30(26-32(33)37)28-17-19-29(20-18-28)35(38)40-34-22-16-27(25-31(34)36)15-13-11-8-6-4-2/h16-23,25-26H,3-15,24H2,1-2H3. The molecule has 3 nitrogen and oxygen atoms in total. The predicted octanol–water partition coefficient (Wildman–Crippen LogP) is 10.5. The van der Waals surface area contributed by atoms with Crippen molar-refractivity contribution in [3.8, 4) is 22.6 Å². The molecule has 0 saturated carbocycles. The zero-order valence-electron chi connectivity index (χ0n) is 24.2. The molecule has 0 saturated heterocycles. The van der Waals surface area contributed by atoms with Gasteiger partial charge in [0, 0.05) is 0 Å². The van der Waals surface area contributed by atoms with E-state index in [-0.39, 0.29) is 11.5 Å². The third kappa shape index (κ3) is 10.4. The normalized spacial score (nSPS) is 11.0. The Morgan fingerprint density at radius 1 is 0.625 bits per heavy atom. The summed E-state index contributed by atoms with van der Waals surface area (Å²) < 4.78 is 40.2. The van der Waals surface area contributed by atoms with Crippen molar-refractivity contribution in [2.24, 2.45) is 0 Å². The van der Waals surface area contributed by atoms with Crippen LogP contribution in [-0.4, -0.2) is 12.6 Å². The summed E-state index contributed by atoms with van der Waals surface area (Å²) in [6, 6.07) is 16.3. The van der Waals surface area contributed by atoms with Gasteiger partial charge in [0.25, 0.3) is 0 Å². The number of hydrogen-bond acceptors (Lipinski definition) is 3. The molecule has 0 atom stereocenters. The Kier molecular flexibility index (Phi) is 13.7. The maximum absolute atomic E-state index is 14.6. The molecule has 0 unspecified atom stereocenters. The quantitative estimate of drug-likeness (QED) is 0.0898. The number of esters is 1. The number of carbonyl (C=O) groups is 1. The number of hydrogen-bond donors (Lipinski definition) is 0. The van der Waals surface area contributed by atoms with Crippen LogP contribution < -0.4 is 9.47 Å². The highest BCUT2D eigenvalue weighted by Gasteiger charge is 2.14. The average Bonchev–Trinajstić information content (AvgIpc) is 2.96. The monoisotopic (exact) mass is 550 g/mol. The molecule has 216 valence electrons. The van der Waals surface area contributed by atoms with E-state index in [4.69, 9.17) is 9.47 Å². The number of unbranched alkanes of at least 4 members (excludes halogenated alkanes) is 10. The molecule has 0 amide bonds. The smallest absolute Gasteiger partial charge is 0.343 e. The maximum Gasteiger partial charge on any atom is 0.343 e. The zero-order valence-corrected chi connectivity index (χ0v) is 24.2. The molecule has 5 heteroatoms. The van der Waals surface area contributed by atoms with Crippen LogP contribution in [0.4, 0.5) is 8.78 Å². The highest BCUT2D eigenvalue weighted by Crippen LogP contribution is 2.27. The third-order valence-electron chi connectivity index (χ3n) is 7.16. The molecular weight excluding hydrogens is 506 g/mol. The summed E-state index contributed by atoms with van der Waals surface area (Å²) in [5, 5.41) is 0. The summed E-state index contributed by atoms with van der Waals surface area (Å²) in [5.74, 6) is -1.43. The molecule has 3 aromatic rings. The van der Waals surface area contributed by atoms with E-state index in [1.807, 2.05) is 6.07 Å². The molecule has 40 heavy (non-hydrogen) atoms. The van der Waals surface area contributed by atoms with Crippen molar-refractivity contribution in [1.29, 1.82) is 0 Å². The first-order chi connectivity index (χ1) is 19.5. The molecule has 0 radical (unpaired) electrons. The first-order valence-corrected chi connectivity index (χ1v) is 15.0. The Balaban J connectivity index is 1.48. The minimum absolute atomic E-state index is 0.0852.